The number of aryl methyl sites for hydroxylation is 1. The topological polar surface area (TPSA) is 62.7 Å². The molecule has 26 heavy (non-hydrogen) atoms. The number of ether oxygens (including phenoxy) is 1. The van der Waals surface area contributed by atoms with E-state index in [4.69, 9.17) is 4.74 Å². The van der Waals surface area contributed by atoms with Crippen molar-refractivity contribution in [1.82, 2.24) is 14.8 Å². The first-order valence-electron chi connectivity index (χ1n) is 9.81. The highest BCUT2D eigenvalue weighted by Crippen LogP contribution is 2.15. The lowest BCUT2D eigenvalue weighted by Gasteiger charge is -2.35. The van der Waals surface area contributed by atoms with Crippen molar-refractivity contribution in [3.05, 3.63) is 30.1 Å². The zero-order valence-corrected chi connectivity index (χ0v) is 15.4. The van der Waals surface area contributed by atoms with Crippen LogP contribution in [0.1, 0.15) is 44.1 Å². The summed E-state index contributed by atoms with van der Waals surface area (Å²) in [5, 5.41) is 0. The Hall–Kier alpha value is -1.95. The van der Waals surface area contributed by atoms with E-state index in [1.807, 2.05) is 17.0 Å². The predicted molar refractivity (Wildman–Crippen MR) is 98.5 cm³/mol. The van der Waals surface area contributed by atoms with Gasteiger partial charge < -0.3 is 14.5 Å². The summed E-state index contributed by atoms with van der Waals surface area (Å²) in [6.07, 6.45) is 9.90. The summed E-state index contributed by atoms with van der Waals surface area (Å²) in [7, 11) is 0. The fraction of sp³-hybridized carbons (Fsp3) is 0.650. The number of rotatable bonds is 4. The highest BCUT2D eigenvalue weighted by atomic mass is 16.5. The van der Waals surface area contributed by atoms with Gasteiger partial charge in [0.25, 0.3) is 5.91 Å². The van der Waals surface area contributed by atoms with Crippen molar-refractivity contribution < 1.29 is 14.3 Å². The molecular formula is C20H29N3O3. The van der Waals surface area contributed by atoms with Crippen molar-refractivity contribution in [1.29, 1.82) is 0 Å². The Morgan fingerprint density at radius 2 is 1.85 bits per heavy atom. The first kappa shape index (κ1) is 18.8. The maximum atomic E-state index is 12.8. The minimum Gasteiger partial charge on any atom is -0.365 e. The van der Waals surface area contributed by atoms with E-state index in [0.717, 1.165) is 31.5 Å². The Balaban J connectivity index is 1.51. The molecule has 0 radical (unpaired) electrons. The van der Waals surface area contributed by atoms with Crippen LogP contribution in [0.2, 0.25) is 0 Å². The van der Waals surface area contributed by atoms with Crippen LogP contribution in [-0.4, -0.2) is 65.5 Å². The molecule has 3 heterocycles. The number of likely N-dealkylation sites (tertiary alicyclic amines) is 1. The summed E-state index contributed by atoms with van der Waals surface area (Å²) in [5.41, 5.74) is 1.06. The van der Waals surface area contributed by atoms with Gasteiger partial charge in [-0.15, -0.1) is 0 Å². The first-order valence-corrected chi connectivity index (χ1v) is 9.81. The number of hydrogen-bond acceptors (Lipinski definition) is 4. The van der Waals surface area contributed by atoms with E-state index in [1.165, 1.54) is 19.3 Å². The molecule has 2 aliphatic rings. The van der Waals surface area contributed by atoms with Gasteiger partial charge in [0.15, 0.2) is 6.10 Å². The Kier molecular flexibility index (Phi) is 7.00. The Labute approximate surface area is 155 Å². The van der Waals surface area contributed by atoms with Crippen LogP contribution < -0.4 is 0 Å². The molecule has 0 bridgehead atoms. The fourth-order valence-corrected chi connectivity index (χ4v) is 3.65. The summed E-state index contributed by atoms with van der Waals surface area (Å²) in [5.74, 6) is 0.138. The third kappa shape index (κ3) is 5.27. The van der Waals surface area contributed by atoms with E-state index in [-0.39, 0.29) is 11.8 Å². The van der Waals surface area contributed by atoms with E-state index in [0.29, 0.717) is 32.5 Å². The predicted octanol–water partition coefficient (Wildman–Crippen LogP) is 2.03. The van der Waals surface area contributed by atoms with E-state index in [2.05, 4.69) is 4.98 Å². The molecule has 1 atom stereocenters. The van der Waals surface area contributed by atoms with Crippen LogP contribution in [0.25, 0.3) is 0 Å². The van der Waals surface area contributed by atoms with Crippen molar-refractivity contribution in [2.45, 2.75) is 51.0 Å². The number of carbonyl (C=O) groups excluding carboxylic acids is 2. The molecule has 0 aromatic carbocycles. The molecule has 0 saturated carbocycles. The maximum absolute atomic E-state index is 12.8. The van der Waals surface area contributed by atoms with E-state index in [9.17, 15) is 9.59 Å². The fourth-order valence-electron chi connectivity index (χ4n) is 3.65. The quantitative estimate of drug-likeness (QED) is 0.825. The number of morpholine rings is 1. The molecule has 1 unspecified atom stereocenters. The van der Waals surface area contributed by atoms with Crippen LogP contribution in [0, 0.1) is 0 Å². The molecule has 2 amide bonds. The third-order valence-electron chi connectivity index (χ3n) is 5.21. The molecule has 1 aromatic rings. The number of nitrogens with zero attached hydrogens (tertiary/aromatic N) is 3. The minimum atomic E-state index is -0.509. The van der Waals surface area contributed by atoms with Gasteiger partial charge in [-0.2, -0.15) is 0 Å². The molecule has 2 saturated heterocycles. The summed E-state index contributed by atoms with van der Waals surface area (Å²) < 4.78 is 5.71. The smallest absolute Gasteiger partial charge is 0.253 e. The Morgan fingerprint density at radius 1 is 1.08 bits per heavy atom. The van der Waals surface area contributed by atoms with Crippen LogP contribution >= 0.6 is 0 Å². The number of aromatic nitrogens is 1. The van der Waals surface area contributed by atoms with Crippen molar-refractivity contribution in [2.75, 3.05) is 32.8 Å². The van der Waals surface area contributed by atoms with Crippen LogP contribution in [0.15, 0.2) is 24.5 Å². The molecule has 0 spiro atoms. The summed E-state index contributed by atoms with van der Waals surface area (Å²) in [4.78, 5) is 33.2. The zero-order chi connectivity index (χ0) is 18.2. The molecule has 2 fully saturated rings. The van der Waals surface area contributed by atoms with Crippen molar-refractivity contribution in [2.24, 2.45) is 0 Å². The van der Waals surface area contributed by atoms with Crippen molar-refractivity contribution in [3.63, 3.8) is 0 Å². The summed E-state index contributed by atoms with van der Waals surface area (Å²) in [6.45, 7) is 3.00. The van der Waals surface area contributed by atoms with Gasteiger partial charge in [-0.05, 0) is 30.9 Å². The largest absolute Gasteiger partial charge is 0.365 e. The first-order chi connectivity index (χ1) is 12.7. The maximum Gasteiger partial charge on any atom is 0.253 e. The summed E-state index contributed by atoms with van der Waals surface area (Å²) in [6, 6.07) is 3.86. The van der Waals surface area contributed by atoms with Crippen molar-refractivity contribution >= 4 is 11.8 Å². The second-order valence-corrected chi connectivity index (χ2v) is 7.15. The molecule has 0 aliphatic carbocycles. The molecule has 6 nitrogen and oxygen atoms in total. The lowest BCUT2D eigenvalue weighted by atomic mass is 10.1. The highest BCUT2D eigenvalue weighted by molar-refractivity contribution is 5.83. The number of amides is 2. The van der Waals surface area contributed by atoms with Crippen LogP contribution in [0.3, 0.4) is 0 Å². The molecule has 3 rings (SSSR count). The number of hydrogen-bond donors (Lipinski definition) is 0. The Bertz CT molecular complexity index is 585. The lowest BCUT2D eigenvalue weighted by Crippen LogP contribution is -2.53. The Morgan fingerprint density at radius 3 is 2.58 bits per heavy atom. The lowest BCUT2D eigenvalue weighted by molar-refractivity contribution is -0.154. The van der Waals surface area contributed by atoms with Crippen LogP contribution in [0.4, 0.5) is 0 Å². The van der Waals surface area contributed by atoms with Gasteiger partial charge in [-0.3, -0.25) is 14.6 Å². The molecule has 142 valence electrons. The SMILES string of the molecule is O=C(CCc1cccnc1)N1CCOC(C(=O)N2CCCCCCC2)C1. The molecule has 6 heteroatoms. The van der Waals surface area contributed by atoms with E-state index in [1.54, 1.807) is 17.3 Å². The molecule has 0 N–H and O–H groups in total. The highest BCUT2D eigenvalue weighted by Gasteiger charge is 2.32. The van der Waals surface area contributed by atoms with Gasteiger partial charge >= 0.3 is 0 Å². The van der Waals surface area contributed by atoms with Gasteiger partial charge in [0.2, 0.25) is 5.91 Å². The second-order valence-electron chi connectivity index (χ2n) is 7.15. The minimum absolute atomic E-state index is 0.0525. The normalized spacial score (nSPS) is 21.8. The van der Waals surface area contributed by atoms with Crippen LogP contribution in [-0.2, 0) is 20.7 Å². The van der Waals surface area contributed by atoms with E-state index >= 15 is 0 Å². The van der Waals surface area contributed by atoms with Gasteiger partial charge in [-0.25, -0.2) is 0 Å². The number of pyridine rings is 1. The number of carbonyl (C=O) groups is 2. The molecule has 1 aromatic heterocycles. The monoisotopic (exact) mass is 359 g/mol. The summed E-state index contributed by atoms with van der Waals surface area (Å²) >= 11 is 0. The van der Waals surface area contributed by atoms with Gasteiger partial charge in [0.1, 0.15) is 0 Å². The van der Waals surface area contributed by atoms with Gasteiger partial charge in [0, 0.05) is 38.4 Å². The van der Waals surface area contributed by atoms with Gasteiger partial charge in [0.05, 0.1) is 13.2 Å². The standard InChI is InChI=1S/C20H29N3O3/c24-19(9-8-17-7-6-10-21-15-17)23-13-14-26-18(16-23)20(25)22-11-4-2-1-3-5-12-22/h6-7,10,15,18H,1-5,8-9,11-14,16H2. The van der Waals surface area contributed by atoms with Gasteiger partial charge in [-0.1, -0.05) is 25.3 Å². The van der Waals surface area contributed by atoms with Crippen molar-refractivity contribution in [3.8, 4) is 0 Å². The third-order valence-corrected chi connectivity index (χ3v) is 5.21. The van der Waals surface area contributed by atoms with Crippen LogP contribution in [0.5, 0.6) is 0 Å². The average Bonchev–Trinajstić information content (AvgIpc) is 2.66. The van der Waals surface area contributed by atoms with E-state index < -0.39 is 6.10 Å². The molecule has 2 aliphatic heterocycles. The zero-order valence-electron chi connectivity index (χ0n) is 15.4. The average molecular weight is 359 g/mol. The molecular weight excluding hydrogens is 330 g/mol. The second kappa shape index (κ2) is 9.67.